The van der Waals surface area contributed by atoms with Crippen molar-refractivity contribution in [3.8, 4) is 18.1 Å². The number of carbonyl (C=O) groups excluding carboxylic acids is 3. The number of ether oxygens (including phenoxy) is 1. The van der Waals surface area contributed by atoms with Crippen LogP contribution in [0.1, 0.15) is 5.56 Å². The Labute approximate surface area is 177 Å². The summed E-state index contributed by atoms with van der Waals surface area (Å²) in [5.74, 6) is 1.21. The number of hydrogen-bond acceptors (Lipinski definition) is 4. The van der Waals surface area contributed by atoms with Crippen LogP contribution >= 0.6 is 31.9 Å². The molecule has 8 heteroatoms. The Morgan fingerprint density at radius 1 is 1.14 bits per heavy atom. The summed E-state index contributed by atoms with van der Waals surface area (Å²) >= 11 is 6.74. The SMILES string of the molecule is C#CCOc1c(Br)cc(Br)cc1/C=C1\C(=O)NC(=O)N(c2ccccc2)C1=O. The first-order valence-corrected chi connectivity index (χ1v) is 9.52. The van der Waals surface area contributed by atoms with E-state index in [4.69, 9.17) is 11.2 Å². The van der Waals surface area contributed by atoms with Crippen molar-refractivity contribution in [2.24, 2.45) is 0 Å². The number of anilines is 1. The maximum Gasteiger partial charge on any atom is 0.335 e. The molecule has 0 aliphatic carbocycles. The highest BCUT2D eigenvalue weighted by Crippen LogP contribution is 2.35. The molecule has 0 radical (unpaired) electrons. The summed E-state index contributed by atoms with van der Waals surface area (Å²) in [5, 5.41) is 2.18. The van der Waals surface area contributed by atoms with Gasteiger partial charge in [-0.1, -0.05) is 40.0 Å². The smallest absolute Gasteiger partial charge is 0.335 e. The van der Waals surface area contributed by atoms with E-state index in [-0.39, 0.29) is 12.2 Å². The van der Waals surface area contributed by atoms with Crippen LogP contribution in [0.3, 0.4) is 0 Å². The fraction of sp³-hybridized carbons (Fsp3) is 0.0500. The van der Waals surface area contributed by atoms with Gasteiger partial charge in [-0.05, 0) is 46.3 Å². The number of urea groups is 1. The van der Waals surface area contributed by atoms with Crippen molar-refractivity contribution in [1.82, 2.24) is 5.32 Å². The molecular formula is C20H12Br2N2O4. The fourth-order valence-corrected chi connectivity index (χ4v) is 3.95. The van der Waals surface area contributed by atoms with Gasteiger partial charge in [0.25, 0.3) is 11.8 Å². The van der Waals surface area contributed by atoms with E-state index in [1.807, 2.05) is 0 Å². The highest BCUT2D eigenvalue weighted by Gasteiger charge is 2.37. The van der Waals surface area contributed by atoms with Crippen LogP contribution in [0.15, 0.2) is 57.0 Å². The third-order valence-electron chi connectivity index (χ3n) is 3.75. The first-order valence-electron chi connectivity index (χ1n) is 7.94. The molecule has 2 aromatic rings. The van der Waals surface area contributed by atoms with Crippen molar-refractivity contribution >= 4 is 61.5 Å². The zero-order valence-corrected chi connectivity index (χ0v) is 17.4. The van der Waals surface area contributed by atoms with E-state index in [1.54, 1.807) is 42.5 Å². The van der Waals surface area contributed by atoms with Crippen LogP contribution < -0.4 is 15.0 Å². The first-order chi connectivity index (χ1) is 13.4. The van der Waals surface area contributed by atoms with Crippen LogP contribution in [0.4, 0.5) is 10.5 Å². The Hall–Kier alpha value is -2.89. The Balaban J connectivity index is 2.08. The van der Waals surface area contributed by atoms with E-state index < -0.39 is 17.8 Å². The van der Waals surface area contributed by atoms with Crippen LogP contribution in [0.5, 0.6) is 5.75 Å². The summed E-state index contributed by atoms with van der Waals surface area (Å²) in [4.78, 5) is 38.4. The number of carbonyl (C=O) groups is 3. The Morgan fingerprint density at radius 3 is 2.54 bits per heavy atom. The van der Waals surface area contributed by atoms with Gasteiger partial charge in [0.05, 0.1) is 10.2 Å². The molecule has 1 saturated heterocycles. The summed E-state index contributed by atoms with van der Waals surface area (Å²) in [6.07, 6.45) is 6.62. The number of halogens is 2. The number of barbiturate groups is 1. The standard InChI is InChI=1S/C20H12Br2N2O4/c1-2-8-28-17-12(9-13(21)11-16(17)22)10-15-18(25)23-20(27)24(19(15)26)14-6-4-3-5-7-14/h1,3-7,9-11H,8H2,(H,23,25,27)/b15-10+. The van der Waals surface area contributed by atoms with E-state index in [0.717, 1.165) is 4.90 Å². The molecule has 0 spiro atoms. The molecular weight excluding hydrogens is 492 g/mol. The van der Waals surface area contributed by atoms with Gasteiger partial charge in [-0.3, -0.25) is 14.9 Å². The summed E-state index contributed by atoms with van der Waals surface area (Å²) in [6, 6.07) is 10.9. The molecule has 3 rings (SSSR count). The summed E-state index contributed by atoms with van der Waals surface area (Å²) < 4.78 is 6.82. The number of terminal acetylenes is 1. The van der Waals surface area contributed by atoms with Crippen molar-refractivity contribution in [3.05, 3.63) is 62.5 Å². The average Bonchev–Trinajstić information content (AvgIpc) is 2.65. The van der Waals surface area contributed by atoms with Crippen LogP contribution in [0.2, 0.25) is 0 Å². The number of hydrogen-bond donors (Lipinski definition) is 1. The molecule has 6 nitrogen and oxygen atoms in total. The van der Waals surface area contributed by atoms with E-state index in [0.29, 0.717) is 25.9 Å². The first kappa shape index (κ1) is 19.9. The third-order valence-corrected chi connectivity index (χ3v) is 4.80. The van der Waals surface area contributed by atoms with E-state index in [9.17, 15) is 14.4 Å². The molecule has 28 heavy (non-hydrogen) atoms. The zero-order chi connectivity index (χ0) is 20.3. The van der Waals surface area contributed by atoms with Gasteiger partial charge in [-0.15, -0.1) is 6.42 Å². The van der Waals surface area contributed by atoms with Gasteiger partial charge in [0.15, 0.2) is 0 Å². The van der Waals surface area contributed by atoms with Gasteiger partial charge in [-0.2, -0.15) is 0 Å². The molecule has 0 atom stereocenters. The molecule has 140 valence electrons. The second-order valence-electron chi connectivity index (χ2n) is 5.59. The number of imide groups is 2. The minimum atomic E-state index is -0.808. The lowest BCUT2D eigenvalue weighted by Crippen LogP contribution is -2.54. The lowest BCUT2D eigenvalue weighted by atomic mass is 10.1. The van der Waals surface area contributed by atoms with Crippen molar-refractivity contribution in [3.63, 3.8) is 0 Å². The molecule has 1 heterocycles. The Kier molecular flexibility index (Phi) is 5.97. The van der Waals surface area contributed by atoms with Gasteiger partial charge in [0.2, 0.25) is 0 Å². The number of amides is 4. The van der Waals surface area contributed by atoms with Crippen LogP contribution in [-0.2, 0) is 9.59 Å². The van der Waals surface area contributed by atoms with Gasteiger partial charge < -0.3 is 4.74 Å². The van der Waals surface area contributed by atoms with Crippen molar-refractivity contribution in [1.29, 1.82) is 0 Å². The molecule has 1 aliphatic rings. The van der Waals surface area contributed by atoms with Crippen molar-refractivity contribution < 1.29 is 19.1 Å². The second kappa shape index (κ2) is 8.42. The largest absolute Gasteiger partial charge is 0.479 e. The number of nitrogens with zero attached hydrogens (tertiary/aromatic N) is 1. The van der Waals surface area contributed by atoms with E-state index in [1.165, 1.54) is 6.08 Å². The predicted molar refractivity (Wildman–Crippen MR) is 112 cm³/mol. The van der Waals surface area contributed by atoms with Crippen LogP contribution in [0, 0.1) is 12.3 Å². The molecule has 4 amide bonds. The lowest BCUT2D eigenvalue weighted by molar-refractivity contribution is -0.122. The van der Waals surface area contributed by atoms with E-state index in [2.05, 4.69) is 43.1 Å². The minimum absolute atomic E-state index is 0.00513. The number of benzene rings is 2. The lowest BCUT2D eigenvalue weighted by Gasteiger charge is -2.26. The predicted octanol–water partition coefficient (Wildman–Crippen LogP) is 3.89. The maximum atomic E-state index is 12.9. The highest BCUT2D eigenvalue weighted by molar-refractivity contribution is 9.11. The Bertz CT molecular complexity index is 1040. The number of para-hydroxylation sites is 1. The Morgan fingerprint density at radius 2 is 1.86 bits per heavy atom. The van der Waals surface area contributed by atoms with E-state index >= 15 is 0 Å². The van der Waals surface area contributed by atoms with Crippen LogP contribution in [0.25, 0.3) is 6.08 Å². The summed E-state index contributed by atoms with van der Waals surface area (Å²) in [6.45, 7) is 0.00513. The van der Waals surface area contributed by atoms with Crippen molar-refractivity contribution in [2.75, 3.05) is 11.5 Å². The van der Waals surface area contributed by atoms with Crippen LogP contribution in [-0.4, -0.2) is 24.5 Å². The van der Waals surface area contributed by atoms with Gasteiger partial charge in [-0.25, -0.2) is 9.69 Å². The quantitative estimate of drug-likeness (QED) is 0.390. The minimum Gasteiger partial charge on any atom is -0.479 e. The third kappa shape index (κ3) is 4.01. The average molecular weight is 504 g/mol. The summed E-state index contributed by atoms with van der Waals surface area (Å²) in [7, 11) is 0. The monoisotopic (exact) mass is 502 g/mol. The van der Waals surface area contributed by atoms with Gasteiger partial charge >= 0.3 is 6.03 Å². The summed E-state index contributed by atoms with van der Waals surface area (Å²) in [5.41, 5.74) is 0.582. The fourth-order valence-electron chi connectivity index (χ4n) is 2.58. The number of nitrogens with one attached hydrogen (secondary N) is 1. The topological polar surface area (TPSA) is 75.7 Å². The zero-order valence-electron chi connectivity index (χ0n) is 14.2. The molecule has 0 unspecified atom stereocenters. The molecule has 1 aliphatic heterocycles. The normalized spacial score (nSPS) is 15.4. The molecule has 0 saturated carbocycles. The van der Waals surface area contributed by atoms with Crippen molar-refractivity contribution in [2.45, 2.75) is 0 Å². The molecule has 1 N–H and O–H groups in total. The molecule has 1 fully saturated rings. The molecule has 0 aromatic heterocycles. The highest BCUT2D eigenvalue weighted by atomic mass is 79.9. The second-order valence-corrected chi connectivity index (χ2v) is 7.36. The number of rotatable bonds is 4. The molecule has 0 bridgehead atoms. The van der Waals surface area contributed by atoms with Gasteiger partial charge in [0.1, 0.15) is 17.9 Å². The maximum absolute atomic E-state index is 12.9. The van der Waals surface area contributed by atoms with Gasteiger partial charge in [0, 0.05) is 10.0 Å². The molecule has 2 aromatic carbocycles.